The third kappa shape index (κ3) is 4.22. The van der Waals surface area contributed by atoms with Gasteiger partial charge in [-0.2, -0.15) is 0 Å². The Morgan fingerprint density at radius 3 is 2.56 bits per heavy atom. The number of amides is 2. The highest BCUT2D eigenvalue weighted by molar-refractivity contribution is 6.00. The number of ether oxygens (including phenoxy) is 2. The van der Waals surface area contributed by atoms with Crippen molar-refractivity contribution in [2.75, 3.05) is 25.7 Å². The monoisotopic (exact) mass is 368 g/mol. The number of hydrogen-bond donors (Lipinski definition) is 1. The van der Waals surface area contributed by atoms with E-state index in [4.69, 9.17) is 9.47 Å². The molecule has 0 bridgehead atoms. The number of aryl methyl sites for hydroxylation is 1. The second kappa shape index (κ2) is 8.12. The summed E-state index contributed by atoms with van der Waals surface area (Å²) in [7, 11) is 3.18. The summed E-state index contributed by atoms with van der Waals surface area (Å²) in [4.78, 5) is 26.6. The second-order valence-electron chi connectivity index (χ2n) is 6.64. The molecule has 6 heteroatoms. The summed E-state index contributed by atoms with van der Waals surface area (Å²) in [5, 5.41) is 2.92. The first-order chi connectivity index (χ1) is 13.0. The molecule has 1 heterocycles. The Morgan fingerprint density at radius 1 is 1.15 bits per heavy atom. The van der Waals surface area contributed by atoms with Crippen molar-refractivity contribution in [3.05, 3.63) is 53.6 Å². The number of methoxy groups -OCH3 is 2. The Morgan fingerprint density at radius 2 is 1.89 bits per heavy atom. The highest BCUT2D eigenvalue weighted by atomic mass is 16.5. The molecule has 2 aromatic rings. The number of carbonyl (C=O) groups is 2. The van der Waals surface area contributed by atoms with Crippen LogP contribution in [0.25, 0.3) is 0 Å². The lowest BCUT2D eigenvalue weighted by Gasteiger charge is -2.17. The first kappa shape index (κ1) is 18.8. The van der Waals surface area contributed by atoms with E-state index in [1.54, 1.807) is 31.3 Å². The normalized spacial score (nSPS) is 16.3. The van der Waals surface area contributed by atoms with Crippen molar-refractivity contribution in [1.29, 1.82) is 0 Å². The first-order valence-electron chi connectivity index (χ1n) is 8.87. The van der Waals surface area contributed by atoms with E-state index in [0.29, 0.717) is 24.6 Å². The maximum absolute atomic E-state index is 12.6. The fourth-order valence-corrected chi connectivity index (χ4v) is 3.20. The quantitative estimate of drug-likeness (QED) is 0.851. The average Bonchev–Trinajstić information content (AvgIpc) is 3.08. The van der Waals surface area contributed by atoms with Crippen LogP contribution in [0, 0.1) is 12.8 Å². The second-order valence-corrected chi connectivity index (χ2v) is 6.64. The van der Waals surface area contributed by atoms with Gasteiger partial charge in [0.2, 0.25) is 11.8 Å². The van der Waals surface area contributed by atoms with Crippen LogP contribution >= 0.6 is 0 Å². The predicted molar refractivity (Wildman–Crippen MR) is 103 cm³/mol. The molecule has 1 saturated heterocycles. The van der Waals surface area contributed by atoms with Gasteiger partial charge in [0.25, 0.3) is 0 Å². The summed E-state index contributed by atoms with van der Waals surface area (Å²) in [5.74, 6) is 0.845. The molecule has 0 aliphatic carbocycles. The number of rotatable bonds is 6. The van der Waals surface area contributed by atoms with Gasteiger partial charge in [-0.25, -0.2) is 0 Å². The zero-order valence-electron chi connectivity index (χ0n) is 15.8. The van der Waals surface area contributed by atoms with Gasteiger partial charge in [-0.1, -0.05) is 17.7 Å². The van der Waals surface area contributed by atoms with Crippen LogP contribution in [-0.2, 0) is 16.1 Å². The predicted octanol–water partition coefficient (Wildman–Crippen LogP) is 2.68. The molecule has 1 fully saturated rings. The smallest absolute Gasteiger partial charge is 0.227 e. The summed E-state index contributed by atoms with van der Waals surface area (Å²) < 4.78 is 10.6. The molecule has 3 rings (SSSR count). The average molecular weight is 368 g/mol. The lowest BCUT2D eigenvalue weighted by atomic mass is 10.1. The number of nitrogens with zero attached hydrogens (tertiary/aromatic N) is 1. The van der Waals surface area contributed by atoms with Crippen molar-refractivity contribution < 1.29 is 19.1 Å². The molecule has 1 aliphatic rings. The Labute approximate surface area is 159 Å². The highest BCUT2D eigenvalue weighted by Crippen LogP contribution is 2.27. The van der Waals surface area contributed by atoms with Crippen LogP contribution < -0.4 is 19.7 Å². The summed E-state index contributed by atoms with van der Waals surface area (Å²) in [5.41, 5.74) is 2.78. The number of nitrogens with one attached hydrogen (secondary N) is 1. The molecule has 0 radical (unpaired) electrons. The van der Waals surface area contributed by atoms with E-state index in [-0.39, 0.29) is 24.2 Å². The maximum Gasteiger partial charge on any atom is 0.227 e. The molecule has 6 nitrogen and oxygen atoms in total. The highest BCUT2D eigenvalue weighted by Gasteiger charge is 2.35. The molecule has 0 aromatic heterocycles. The molecule has 0 saturated carbocycles. The van der Waals surface area contributed by atoms with Crippen molar-refractivity contribution in [1.82, 2.24) is 5.32 Å². The number of benzene rings is 2. The Kier molecular flexibility index (Phi) is 5.64. The van der Waals surface area contributed by atoms with E-state index in [1.807, 2.05) is 37.3 Å². The van der Waals surface area contributed by atoms with Crippen molar-refractivity contribution >= 4 is 17.5 Å². The van der Waals surface area contributed by atoms with Gasteiger partial charge >= 0.3 is 0 Å². The Balaban J connectivity index is 1.64. The molecule has 1 N–H and O–H groups in total. The minimum absolute atomic E-state index is 0.0297. The molecule has 27 heavy (non-hydrogen) atoms. The molecule has 142 valence electrons. The summed E-state index contributed by atoms with van der Waals surface area (Å²) in [6.45, 7) is 2.70. The van der Waals surface area contributed by atoms with Gasteiger partial charge in [0.05, 0.1) is 20.1 Å². The summed E-state index contributed by atoms with van der Waals surface area (Å²) >= 11 is 0. The fourth-order valence-electron chi connectivity index (χ4n) is 3.20. The van der Waals surface area contributed by atoms with E-state index in [2.05, 4.69) is 5.32 Å². The minimum Gasteiger partial charge on any atom is -0.497 e. The fraction of sp³-hybridized carbons (Fsp3) is 0.333. The number of anilines is 1. The van der Waals surface area contributed by atoms with Gasteiger partial charge in [0.15, 0.2) is 0 Å². The van der Waals surface area contributed by atoms with E-state index in [9.17, 15) is 9.59 Å². The number of carbonyl (C=O) groups excluding carboxylic acids is 2. The van der Waals surface area contributed by atoms with Crippen molar-refractivity contribution in [3.8, 4) is 11.5 Å². The van der Waals surface area contributed by atoms with Crippen LogP contribution in [-0.4, -0.2) is 32.6 Å². The minimum atomic E-state index is -0.365. The first-order valence-corrected chi connectivity index (χ1v) is 8.87. The van der Waals surface area contributed by atoms with Gasteiger partial charge < -0.3 is 19.7 Å². The van der Waals surface area contributed by atoms with Crippen LogP contribution in [0.4, 0.5) is 5.69 Å². The van der Waals surface area contributed by atoms with Crippen LogP contribution in [0.1, 0.15) is 17.5 Å². The summed E-state index contributed by atoms with van der Waals surface area (Å²) in [6, 6.07) is 13.2. The van der Waals surface area contributed by atoms with Crippen LogP contribution in [0.5, 0.6) is 11.5 Å². The third-order valence-electron chi connectivity index (χ3n) is 4.78. The van der Waals surface area contributed by atoms with Gasteiger partial charge in [0.1, 0.15) is 11.5 Å². The Bertz CT molecular complexity index is 833. The molecular formula is C21H24N2O4. The molecule has 0 spiro atoms. The lowest BCUT2D eigenvalue weighted by molar-refractivity contribution is -0.126. The zero-order chi connectivity index (χ0) is 19.4. The maximum atomic E-state index is 12.6. The van der Waals surface area contributed by atoms with Gasteiger partial charge in [-0.15, -0.1) is 0 Å². The molecular weight excluding hydrogens is 344 g/mol. The molecule has 1 unspecified atom stereocenters. The molecule has 2 aromatic carbocycles. The topological polar surface area (TPSA) is 67.9 Å². The number of hydrogen-bond acceptors (Lipinski definition) is 4. The van der Waals surface area contributed by atoms with E-state index >= 15 is 0 Å². The van der Waals surface area contributed by atoms with Crippen LogP contribution in [0.15, 0.2) is 42.5 Å². The SMILES string of the molecule is COc1ccc(OC)c(CNC(=O)C2CC(=O)N(c3ccc(C)cc3)C2)c1. The van der Waals surface area contributed by atoms with E-state index in [1.165, 1.54) is 0 Å². The largest absolute Gasteiger partial charge is 0.497 e. The van der Waals surface area contributed by atoms with E-state index < -0.39 is 0 Å². The third-order valence-corrected chi connectivity index (χ3v) is 4.78. The van der Waals surface area contributed by atoms with Gasteiger partial charge in [0, 0.05) is 30.8 Å². The lowest BCUT2D eigenvalue weighted by Crippen LogP contribution is -2.32. The van der Waals surface area contributed by atoms with Crippen molar-refractivity contribution in [2.24, 2.45) is 5.92 Å². The van der Waals surface area contributed by atoms with Crippen LogP contribution in [0.2, 0.25) is 0 Å². The van der Waals surface area contributed by atoms with Crippen molar-refractivity contribution in [2.45, 2.75) is 19.9 Å². The van der Waals surface area contributed by atoms with E-state index in [0.717, 1.165) is 16.8 Å². The summed E-state index contributed by atoms with van der Waals surface area (Å²) in [6.07, 6.45) is 0.217. The standard InChI is InChI=1S/C21H24N2O4/c1-14-4-6-17(7-5-14)23-13-16(11-20(23)24)21(25)22-12-15-10-18(26-2)8-9-19(15)27-3/h4-10,16H,11-13H2,1-3H3,(H,22,25). The zero-order valence-corrected chi connectivity index (χ0v) is 15.8. The molecule has 1 aliphatic heterocycles. The van der Waals surface area contributed by atoms with Gasteiger partial charge in [-0.3, -0.25) is 9.59 Å². The molecule has 1 atom stereocenters. The Hall–Kier alpha value is -3.02. The van der Waals surface area contributed by atoms with Gasteiger partial charge in [-0.05, 0) is 37.3 Å². The van der Waals surface area contributed by atoms with Crippen molar-refractivity contribution in [3.63, 3.8) is 0 Å². The van der Waals surface area contributed by atoms with Crippen LogP contribution in [0.3, 0.4) is 0 Å². The molecule has 2 amide bonds.